The maximum absolute atomic E-state index is 12.3. The molecule has 0 atom stereocenters. The molecule has 1 amide bonds. The number of hydrogen-bond acceptors (Lipinski definition) is 5. The van der Waals surface area contributed by atoms with Crippen LogP contribution < -0.4 is 14.8 Å². The SMILES string of the molecule is COc1ccc(NC(=O)c2ccc(COC(=O)COc3ccc(Br)cc3)cc2)cc1. The molecule has 0 spiro atoms. The number of amides is 1. The predicted octanol–water partition coefficient (Wildman–Crippen LogP) is 4.83. The number of ether oxygens (including phenoxy) is 3. The lowest BCUT2D eigenvalue weighted by Gasteiger charge is -2.09. The first-order valence-corrected chi connectivity index (χ1v) is 9.91. The van der Waals surface area contributed by atoms with Gasteiger partial charge >= 0.3 is 5.97 Å². The molecule has 3 aromatic rings. The van der Waals surface area contributed by atoms with Gasteiger partial charge in [-0.2, -0.15) is 0 Å². The van der Waals surface area contributed by atoms with Crippen molar-refractivity contribution in [2.24, 2.45) is 0 Å². The number of halogens is 1. The molecule has 1 N–H and O–H groups in total. The summed E-state index contributed by atoms with van der Waals surface area (Å²) >= 11 is 3.34. The fourth-order valence-corrected chi connectivity index (χ4v) is 2.77. The van der Waals surface area contributed by atoms with Crippen molar-refractivity contribution >= 4 is 33.5 Å². The Kier molecular flexibility index (Phi) is 7.45. The molecule has 30 heavy (non-hydrogen) atoms. The van der Waals surface area contributed by atoms with Gasteiger partial charge < -0.3 is 19.5 Å². The maximum atomic E-state index is 12.3. The van der Waals surface area contributed by atoms with Crippen LogP contribution in [-0.2, 0) is 16.1 Å². The molecule has 0 heterocycles. The van der Waals surface area contributed by atoms with E-state index in [-0.39, 0.29) is 19.1 Å². The van der Waals surface area contributed by atoms with Gasteiger partial charge in [-0.15, -0.1) is 0 Å². The fourth-order valence-electron chi connectivity index (χ4n) is 2.51. The standard InChI is InChI=1S/C23H20BrNO5/c1-28-20-12-8-19(9-13-20)25-23(27)17-4-2-16(3-5-17)14-30-22(26)15-29-21-10-6-18(24)7-11-21/h2-13H,14-15H2,1H3,(H,25,27). The molecule has 0 saturated carbocycles. The molecule has 7 heteroatoms. The van der Waals surface area contributed by atoms with Gasteiger partial charge in [0.05, 0.1) is 7.11 Å². The van der Waals surface area contributed by atoms with Crippen LogP contribution in [0.4, 0.5) is 5.69 Å². The summed E-state index contributed by atoms with van der Waals surface area (Å²) in [5.41, 5.74) is 1.94. The van der Waals surface area contributed by atoms with Crippen molar-refractivity contribution < 1.29 is 23.8 Å². The van der Waals surface area contributed by atoms with E-state index in [4.69, 9.17) is 14.2 Å². The summed E-state index contributed by atoms with van der Waals surface area (Å²) in [6.45, 7) is -0.0765. The zero-order valence-electron chi connectivity index (χ0n) is 16.3. The minimum atomic E-state index is -0.473. The van der Waals surface area contributed by atoms with E-state index >= 15 is 0 Å². The van der Waals surface area contributed by atoms with Crippen LogP contribution in [-0.4, -0.2) is 25.6 Å². The van der Waals surface area contributed by atoms with E-state index in [9.17, 15) is 9.59 Å². The maximum Gasteiger partial charge on any atom is 0.344 e. The molecule has 0 aliphatic rings. The van der Waals surface area contributed by atoms with Crippen LogP contribution in [0.15, 0.2) is 77.3 Å². The summed E-state index contributed by atoms with van der Waals surface area (Å²) < 4.78 is 16.6. The van der Waals surface area contributed by atoms with Crippen LogP contribution >= 0.6 is 15.9 Å². The summed E-state index contributed by atoms with van der Waals surface area (Å²) in [7, 11) is 1.59. The summed E-state index contributed by atoms with van der Waals surface area (Å²) in [5.74, 6) is 0.599. The Morgan fingerprint density at radius 1 is 0.867 bits per heavy atom. The van der Waals surface area contributed by atoms with E-state index in [2.05, 4.69) is 21.2 Å². The Balaban J connectivity index is 1.45. The molecule has 0 aliphatic heterocycles. The average Bonchev–Trinajstić information content (AvgIpc) is 2.78. The van der Waals surface area contributed by atoms with E-state index in [1.54, 1.807) is 67.8 Å². The summed E-state index contributed by atoms with van der Waals surface area (Å²) in [4.78, 5) is 24.2. The third-order valence-electron chi connectivity index (χ3n) is 4.13. The van der Waals surface area contributed by atoms with Crippen molar-refractivity contribution in [1.82, 2.24) is 0 Å². The molecule has 0 radical (unpaired) electrons. The van der Waals surface area contributed by atoms with Crippen molar-refractivity contribution in [2.75, 3.05) is 19.0 Å². The van der Waals surface area contributed by atoms with Crippen LogP contribution in [0.1, 0.15) is 15.9 Å². The van der Waals surface area contributed by atoms with Gasteiger partial charge in [0.2, 0.25) is 0 Å². The second-order valence-corrected chi connectivity index (χ2v) is 7.20. The van der Waals surface area contributed by atoms with Crippen molar-refractivity contribution in [3.05, 3.63) is 88.4 Å². The van der Waals surface area contributed by atoms with Gasteiger partial charge in [0.1, 0.15) is 18.1 Å². The fraction of sp³-hybridized carbons (Fsp3) is 0.130. The van der Waals surface area contributed by atoms with Crippen molar-refractivity contribution in [3.8, 4) is 11.5 Å². The first-order chi connectivity index (χ1) is 14.5. The lowest BCUT2D eigenvalue weighted by atomic mass is 10.1. The number of esters is 1. The largest absolute Gasteiger partial charge is 0.497 e. The topological polar surface area (TPSA) is 73.9 Å². The lowest BCUT2D eigenvalue weighted by molar-refractivity contribution is -0.147. The Hall–Kier alpha value is -3.32. The van der Waals surface area contributed by atoms with Crippen molar-refractivity contribution in [3.63, 3.8) is 0 Å². The molecule has 0 aromatic heterocycles. The van der Waals surface area contributed by atoms with Gasteiger partial charge in [0.15, 0.2) is 6.61 Å². The van der Waals surface area contributed by atoms with E-state index in [0.717, 1.165) is 10.0 Å². The number of methoxy groups -OCH3 is 1. The van der Waals surface area contributed by atoms with E-state index < -0.39 is 5.97 Å². The van der Waals surface area contributed by atoms with Gasteiger partial charge in [-0.25, -0.2) is 4.79 Å². The van der Waals surface area contributed by atoms with Crippen LogP contribution in [0, 0.1) is 0 Å². The summed E-state index contributed by atoms with van der Waals surface area (Å²) in [5, 5.41) is 2.82. The van der Waals surface area contributed by atoms with Gasteiger partial charge in [0.25, 0.3) is 5.91 Å². The number of benzene rings is 3. The Bertz CT molecular complexity index is 986. The summed E-state index contributed by atoms with van der Waals surface area (Å²) in [6, 6.07) is 21.1. The molecule has 0 unspecified atom stereocenters. The molecule has 3 rings (SSSR count). The lowest BCUT2D eigenvalue weighted by Crippen LogP contribution is -2.15. The van der Waals surface area contributed by atoms with Gasteiger partial charge in [-0.3, -0.25) is 4.79 Å². The van der Waals surface area contributed by atoms with E-state index in [1.807, 2.05) is 12.1 Å². The normalized spacial score (nSPS) is 10.2. The smallest absolute Gasteiger partial charge is 0.344 e. The molecule has 0 saturated heterocycles. The monoisotopic (exact) mass is 469 g/mol. The quantitative estimate of drug-likeness (QED) is 0.478. The molecular weight excluding hydrogens is 450 g/mol. The molecule has 3 aromatic carbocycles. The third-order valence-corrected chi connectivity index (χ3v) is 4.66. The van der Waals surface area contributed by atoms with Crippen LogP contribution in [0.5, 0.6) is 11.5 Å². The minimum absolute atomic E-state index is 0.100. The van der Waals surface area contributed by atoms with E-state index in [1.165, 1.54) is 0 Å². The van der Waals surface area contributed by atoms with Crippen LogP contribution in [0.25, 0.3) is 0 Å². The van der Waals surface area contributed by atoms with Crippen LogP contribution in [0.2, 0.25) is 0 Å². The molecule has 154 valence electrons. The number of nitrogens with one attached hydrogen (secondary N) is 1. The predicted molar refractivity (Wildman–Crippen MR) is 117 cm³/mol. The van der Waals surface area contributed by atoms with Crippen LogP contribution in [0.3, 0.4) is 0 Å². The minimum Gasteiger partial charge on any atom is -0.497 e. The number of carbonyl (C=O) groups is 2. The Labute approximate surface area is 182 Å². The molecule has 0 fully saturated rings. The van der Waals surface area contributed by atoms with Crippen molar-refractivity contribution in [2.45, 2.75) is 6.61 Å². The first kappa shape index (κ1) is 21.4. The molecule has 0 bridgehead atoms. The second-order valence-electron chi connectivity index (χ2n) is 6.28. The average molecular weight is 470 g/mol. The van der Waals surface area contributed by atoms with Gasteiger partial charge in [0, 0.05) is 15.7 Å². The third kappa shape index (κ3) is 6.35. The van der Waals surface area contributed by atoms with Gasteiger partial charge in [-0.1, -0.05) is 28.1 Å². The number of carbonyl (C=O) groups excluding carboxylic acids is 2. The van der Waals surface area contributed by atoms with Crippen molar-refractivity contribution in [1.29, 1.82) is 0 Å². The second kappa shape index (κ2) is 10.5. The Morgan fingerprint density at radius 2 is 1.50 bits per heavy atom. The highest BCUT2D eigenvalue weighted by Gasteiger charge is 2.08. The van der Waals surface area contributed by atoms with Gasteiger partial charge in [-0.05, 0) is 66.2 Å². The zero-order chi connectivity index (χ0) is 21.3. The zero-order valence-corrected chi connectivity index (χ0v) is 17.8. The Morgan fingerprint density at radius 3 is 2.13 bits per heavy atom. The summed E-state index contributed by atoms with van der Waals surface area (Å²) in [6.07, 6.45) is 0. The first-order valence-electron chi connectivity index (χ1n) is 9.12. The highest BCUT2D eigenvalue weighted by molar-refractivity contribution is 9.10. The number of anilines is 1. The molecular formula is C23H20BrNO5. The van der Waals surface area contributed by atoms with E-state index in [0.29, 0.717) is 22.7 Å². The highest BCUT2D eigenvalue weighted by atomic mass is 79.9. The molecule has 0 aliphatic carbocycles. The number of hydrogen-bond donors (Lipinski definition) is 1. The number of rotatable bonds is 8. The molecule has 6 nitrogen and oxygen atoms in total. The highest BCUT2D eigenvalue weighted by Crippen LogP contribution is 2.17.